The molecule has 0 spiro atoms. The average Bonchev–Trinajstić information content (AvgIpc) is 2.25. The van der Waals surface area contributed by atoms with Crippen molar-refractivity contribution in [3.8, 4) is 5.75 Å². The zero-order valence-corrected chi connectivity index (χ0v) is 8.88. The lowest BCUT2D eigenvalue weighted by atomic mass is 10.1. The molecule has 86 valence electrons. The van der Waals surface area contributed by atoms with E-state index in [1.807, 2.05) is 0 Å². The van der Waals surface area contributed by atoms with Crippen LogP contribution in [0.5, 0.6) is 5.75 Å². The van der Waals surface area contributed by atoms with Gasteiger partial charge in [-0.25, -0.2) is 0 Å². The average molecular weight is 223 g/mol. The summed E-state index contributed by atoms with van der Waals surface area (Å²) in [6.45, 7) is 0.842. The number of phenolic OH excluding ortho intramolecular Hbond substituents is 1. The highest BCUT2D eigenvalue weighted by Gasteiger charge is 2.21. The number of amides is 2. The van der Waals surface area contributed by atoms with Crippen LogP contribution in [0.4, 0.5) is 0 Å². The Labute approximate surface area is 92.9 Å². The number of carbonyl (C=O) groups is 2. The van der Waals surface area contributed by atoms with Crippen molar-refractivity contribution in [1.82, 2.24) is 4.90 Å². The Balaban J connectivity index is 2.99. The first-order chi connectivity index (χ1) is 7.57. The summed E-state index contributed by atoms with van der Waals surface area (Å²) in [5.74, 6) is -1.27. The summed E-state index contributed by atoms with van der Waals surface area (Å²) in [5, 5.41) is 18.2. The van der Waals surface area contributed by atoms with Crippen molar-refractivity contribution >= 4 is 11.8 Å². The molecule has 1 aromatic rings. The number of nitrogens with zero attached hydrogens (tertiary/aromatic N) is 1. The number of aromatic hydroxyl groups is 1. The topological polar surface area (TPSA) is 77.8 Å². The number of para-hydroxylation sites is 1. The summed E-state index contributed by atoms with van der Waals surface area (Å²) in [7, 11) is 0. The summed E-state index contributed by atoms with van der Waals surface area (Å²) in [5.41, 5.74) is 0.0474. The SMILES string of the molecule is CC(=O)N(CCO)C(=O)c1ccccc1O. The maximum absolute atomic E-state index is 11.8. The Kier molecular flexibility index (Phi) is 4.02. The van der Waals surface area contributed by atoms with Gasteiger partial charge in [0.2, 0.25) is 5.91 Å². The molecule has 5 heteroatoms. The molecule has 2 amide bonds. The predicted molar refractivity (Wildman–Crippen MR) is 56.9 cm³/mol. The molecular formula is C11H13NO4. The van der Waals surface area contributed by atoms with Gasteiger partial charge in [0, 0.05) is 6.92 Å². The predicted octanol–water partition coefficient (Wildman–Crippen LogP) is 0.373. The summed E-state index contributed by atoms with van der Waals surface area (Å²) >= 11 is 0. The molecule has 0 heterocycles. The van der Waals surface area contributed by atoms with Crippen LogP contribution in [0, 0.1) is 0 Å². The van der Waals surface area contributed by atoms with Gasteiger partial charge < -0.3 is 10.2 Å². The summed E-state index contributed by atoms with van der Waals surface area (Å²) < 4.78 is 0. The van der Waals surface area contributed by atoms with E-state index in [1.165, 1.54) is 19.1 Å². The Morgan fingerprint density at radius 1 is 1.31 bits per heavy atom. The molecule has 0 fully saturated rings. The zero-order valence-electron chi connectivity index (χ0n) is 8.88. The van der Waals surface area contributed by atoms with Gasteiger partial charge in [0.25, 0.3) is 5.91 Å². The third-order valence-corrected chi connectivity index (χ3v) is 2.08. The van der Waals surface area contributed by atoms with Crippen LogP contribution < -0.4 is 0 Å². The molecule has 5 nitrogen and oxygen atoms in total. The summed E-state index contributed by atoms with van der Waals surface area (Å²) in [6, 6.07) is 5.95. The van der Waals surface area contributed by atoms with E-state index in [4.69, 9.17) is 5.11 Å². The lowest BCUT2D eigenvalue weighted by molar-refractivity contribution is -0.126. The fraction of sp³-hybridized carbons (Fsp3) is 0.273. The highest BCUT2D eigenvalue weighted by atomic mass is 16.3. The number of rotatable bonds is 3. The van der Waals surface area contributed by atoms with Gasteiger partial charge in [0.05, 0.1) is 18.7 Å². The molecule has 0 aliphatic heterocycles. The molecule has 0 unspecified atom stereocenters. The van der Waals surface area contributed by atoms with E-state index in [1.54, 1.807) is 12.1 Å². The lowest BCUT2D eigenvalue weighted by Crippen LogP contribution is -2.37. The van der Waals surface area contributed by atoms with Crippen LogP contribution in [-0.2, 0) is 4.79 Å². The second-order valence-electron chi connectivity index (χ2n) is 3.22. The van der Waals surface area contributed by atoms with E-state index < -0.39 is 11.8 Å². The third kappa shape index (κ3) is 2.58. The van der Waals surface area contributed by atoms with Gasteiger partial charge in [-0.3, -0.25) is 14.5 Å². The number of imide groups is 1. The maximum atomic E-state index is 11.8. The normalized spacial score (nSPS) is 9.88. The third-order valence-electron chi connectivity index (χ3n) is 2.08. The number of hydrogen-bond acceptors (Lipinski definition) is 4. The molecule has 0 aromatic heterocycles. The van der Waals surface area contributed by atoms with Crippen LogP contribution in [0.1, 0.15) is 17.3 Å². The first-order valence-electron chi connectivity index (χ1n) is 4.79. The second kappa shape index (κ2) is 5.27. The first kappa shape index (κ1) is 12.2. The second-order valence-corrected chi connectivity index (χ2v) is 3.22. The Hall–Kier alpha value is -1.88. The van der Waals surface area contributed by atoms with Crippen LogP contribution >= 0.6 is 0 Å². The van der Waals surface area contributed by atoms with Crippen molar-refractivity contribution < 1.29 is 19.8 Å². The smallest absolute Gasteiger partial charge is 0.264 e. The minimum atomic E-state index is -0.611. The van der Waals surface area contributed by atoms with Gasteiger partial charge >= 0.3 is 0 Å². The molecule has 2 N–H and O–H groups in total. The van der Waals surface area contributed by atoms with Crippen LogP contribution in [-0.4, -0.2) is 40.1 Å². The molecule has 0 aliphatic carbocycles. The number of benzene rings is 1. The molecule has 1 rings (SSSR count). The van der Waals surface area contributed by atoms with Gasteiger partial charge in [-0.15, -0.1) is 0 Å². The van der Waals surface area contributed by atoms with E-state index >= 15 is 0 Å². The van der Waals surface area contributed by atoms with Crippen molar-refractivity contribution in [3.05, 3.63) is 29.8 Å². The zero-order chi connectivity index (χ0) is 12.1. The fourth-order valence-electron chi connectivity index (χ4n) is 1.30. The van der Waals surface area contributed by atoms with Crippen LogP contribution in [0.25, 0.3) is 0 Å². The number of phenols is 1. The van der Waals surface area contributed by atoms with Crippen LogP contribution in [0.15, 0.2) is 24.3 Å². The molecule has 0 bridgehead atoms. The van der Waals surface area contributed by atoms with Crippen LogP contribution in [0.2, 0.25) is 0 Å². The number of carbonyl (C=O) groups excluding carboxylic acids is 2. The van der Waals surface area contributed by atoms with Gasteiger partial charge in [-0.2, -0.15) is 0 Å². The Morgan fingerprint density at radius 2 is 1.94 bits per heavy atom. The molecule has 0 radical (unpaired) electrons. The minimum absolute atomic E-state index is 0.0474. The Bertz CT molecular complexity index is 403. The highest BCUT2D eigenvalue weighted by molar-refractivity contribution is 6.05. The quantitative estimate of drug-likeness (QED) is 0.776. The Morgan fingerprint density at radius 3 is 2.44 bits per heavy atom. The van der Waals surface area contributed by atoms with Gasteiger partial charge in [-0.1, -0.05) is 12.1 Å². The maximum Gasteiger partial charge on any atom is 0.264 e. The van der Waals surface area contributed by atoms with Gasteiger partial charge in [0.1, 0.15) is 5.75 Å². The van der Waals surface area contributed by atoms with Crippen molar-refractivity contribution in [2.45, 2.75) is 6.92 Å². The molecule has 0 aliphatic rings. The monoisotopic (exact) mass is 223 g/mol. The summed E-state index contributed by atoms with van der Waals surface area (Å²) in [4.78, 5) is 23.9. The molecule has 0 saturated carbocycles. The largest absolute Gasteiger partial charge is 0.507 e. The van der Waals surface area contributed by atoms with Crippen molar-refractivity contribution in [2.24, 2.45) is 0 Å². The number of aliphatic hydroxyl groups excluding tert-OH is 1. The molecular weight excluding hydrogens is 210 g/mol. The molecule has 1 aromatic carbocycles. The first-order valence-corrected chi connectivity index (χ1v) is 4.79. The minimum Gasteiger partial charge on any atom is -0.507 e. The lowest BCUT2D eigenvalue weighted by Gasteiger charge is -2.18. The van der Waals surface area contributed by atoms with Gasteiger partial charge in [-0.05, 0) is 12.1 Å². The molecule has 0 saturated heterocycles. The van der Waals surface area contributed by atoms with Crippen LogP contribution in [0.3, 0.4) is 0 Å². The van der Waals surface area contributed by atoms with E-state index in [0.717, 1.165) is 4.90 Å². The van der Waals surface area contributed by atoms with Crippen molar-refractivity contribution in [1.29, 1.82) is 0 Å². The molecule has 0 atom stereocenters. The number of hydrogen-bond donors (Lipinski definition) is 2. The van der Waals surface area contributed by atoms with Crippen molar-refractivity contribution in [3.63, 3.8) is 0 Å². The number of aliphatic hydroxyl groups is 1. The highest BCUT2D eigenvalue weighted by Crippen LogP contribution is 2.17. The van der Waals surface area contributed by atoms with E-state index in [9.17, 15) is 14.7 Å². The van der Waals surface area contributed by atoms with Gasteiger partial charge in [0.15, 0.2) is 0 Å². The fourth-order valence-corrected chi connectivity index (χ4v) is 1.30. The van der Waals surface area contributed by atoms with Crippen molar-refractivity contribution in [2.75, 3.05) is 13.2 Å². The van der Waals surface area contributed by atoms with E-state index in [-0.39, 0.29) is 24.5 Å². The standard InChI is InChI=1S/C11H13NO4/c1-8(14)12(6-7-13)11(16)9-4-2-3-5-10(9)15/h2-5,13,15H,6-7H2,1H3. The summed E-state index contributed by atoms with van der Waals surface area (Å²) in [6.07, 6.45) is 0. The van der Waals surface area contributed by atoms with E-state index in [2.05, 4.69) is 0 Å². The van der Waals surface area contributed by atoms with E-state index in [0.29, 0.717) is 0 Å². The molecule has 16 heavy (non-hydrogen) atoms.